The Morgan fingerprint density at radius 3 is 3.10 bits per heavy atom. The smallest absolute Gasteiger partial charge is 0.244 e. The van der Waals surface area contributed by atoms with Crippen LogP contribution in [0.15, 0.2) is 52.6 Å². The molecule has 3 aromatic heterocycles. The topological polar surface area (TPSA) is 117 Å². The summed E-state index contributed by atoms with van der Waals surface area (Å²) in [5.41, 5.74) is 2.80. The van der Waals surface area contributed by atoms with E-state index in [2.05, 4.69) is 36.5 Å². The van der Waals surface area contributed by atoms with E-state index in [9.17, 15) is 5.21 Å². The summed E-state index contributed by atoms with van der Waals surface area (Å²) >= 11 is 1.71. The quantitative estimate of drug-likeness (QED) is 0.481. The van der Waals surface area contributed by atoms with E-state index < -0.39 is 0 Å². The summed E-state index contributed by atoms with van der Waals surface area (Å²) in [7, 11) is 0. The van der Waals surface area contributed by atoms with E-state index in [4.69, 9.17) is 9.73 Å². The van der Waals surface area contributed by atoms with Gasteiger partial charge in [0.25, 0.3) is 0 Å². The number of nitrogens with one attached hydrogen (secondary N) is 1. The van der Waals surface area contributed by atoms with Crippen LogP contribution >= 0.6 is 11.3 Å². The molecule has 1 aliphatic rings. The summed E-state index contributed by atoms with van der Waals surface area (Å²) < 4.78 is 5.61. The normalized spacial score (nSPS) is 16.7. The highest BCUT2D eigenvalue weighted by atomic mass is 32.1. The molecule has 2 N–H and O–H groups in total. The number of hydrogen-bond donors (Lipinski definition) is 2. The Balaban J connectivity index is 1.46. The molecule has 29 heavy (non-hydrogen) atoms. The van der Waals surface area contributed by atoms with Crippen LogP contribution in [0.4, 0.5) is 5.69 Å². The summed E-state index contributed by atoms with van der Waals surface area (Å²) in [6, 6.07) is 10.5. The molecule has 148 valence electrons. The molecule has 10 heteroatoms. The second-order valence-corrected chi connectivity index (χ2v) is 7.84. The number of nitrogens with zero attached hydrogens (tertiary/aromatic N) is 5. The largest absolute Gasteiger partial charge is 0.733 e. The number of aromatic amines is 1. The average Bonchev–Trinajstić information content (AvgIpc) is 3.49. The predicted octanol–water partition coefficient (Wildman–Crippen LogP) is 3.51. The van der Waals surface area contributed by atoms with Crippen molar-refractivity contribution in [2.75, 3.05) is 5.23 Å². The van der Waals surface area contributed by atoms with Crippen LogP contribution in [0.1, 0.15) is 28.2 Å². The number of imidazole rings is 1. The third-order valence-electron chi connectivity index (χ3n) is 4.99. The fourth-order valence-electron chi connectivity index (χ4n) is 3.55. The zero-order valence-corrected chi connectivity index (χ0v) is 16.0. The van der Waals surface area contributed by atoms with Gasteiger partial charge in [-0.05, 0) is 23.6 Å². The van der Waals surface area contributed by atoms with Gasteiger partial charge in [0.05, 0.1) is 29.4 Å². The van der Waals surface area contributed by atoms with Gasteiger partial charge in [-0.3, -0.25) is 10.1 Å². The van der Waals surface area contributed by atoms with Crippen LogP contribution in [0.5, 0.6) is 0 Å². The van der Waals surface area contributed by atoms with E-state index in [1.54, 1.807) is 29.8 Å². The summed E-state index contributed by atoms with van der Waals surface area (Å²) in [5, 5.41) is 26.3. The Hall–Kier alpha value is -3.05. The number of fused-ring (bicyclic) bond motifs is 1. The maximum atomic E-state index is 11.2. The van der Waals surface area contributed by atoms with Gasteiger partial charge >= 0.3 is 0 Å². The van der Waals surface area contributed by atoms with Crippen LogP contribution in [-0.2, 0) is 19.5 Å². The zero-order chi connectivity index (χ0) is 19.8. The highest BCUT2D eigenvalue weighted by Gasteiger charge is 2.33. The number of hydrogen-bond acceptors (Lipinski definition) is 9. The second-order valence-electron chi connectivity index (χ2n) is 6.81. The van der Waals surface area contributed by atoms with Crippen molar-refractivity contribution in [3.05, 3.63) is 75.5 Å². The SMILES string of the molecule is [O-]N(O)c1cccc(-c2noc([C@@H]3Cc4nc[nH]c4CN3Cc3cccs3)n2)c1. The monoisotopic (exact) mass is 409 g/mol. The van der Waals surface area contributed by atoms with Gasteiger partial charge in [0.2, 0.25) is 11.7 Å². The molecular weight excluding hydrogens is 392 g/mol. The van der Waals surface area contributed by atoms with Crippen LogP contribution in [0.2, 0.25) is 0 Å². The minimum absolute atomic E-state index is 0.104. The Bertz CT molecular complexity index is 1110. The van der Waals surface area contributed by atoms with Crippen LogP contribution in [0.3, 0.4) is 0 Å². The van der Waals surface area contributed by atoms with E-state index in [0.29, 0.717) is 30.2 Å². The van der Waals surface area contributed by atoms with Gasteiger partial charge in [0.1, 0.15) is 0 Å². The molecule has 0 fully saturated rings. The first-order chi connectivity index (χ1) is 14.2. The fourth-order valence-corrected chi connectivity index (χ4v) is 4.28. The second kappa shape index (κ2) is 7.41. The maximum absolute atomic E-state index is 11.2. The first-order valence-corrected chi connectivity index (χ1v) is 9.93. The third kappa shape index (κ3) is 3.54. The van der Waals surface area contributed by atoms with Gasteiger partial charge in [-0.2, -0.15) is 4.98 Å². The Morgan fingerprint density at radius 2 is 2.28 bits per heavy atom. The summed E-state index contributed by atoms with van der Waals surface area (Å²) in [6.45, 7) is 1.48. The van der Waals surface area contributed by atoms with Crippen LogP contribution in [0.25, 0.3) is 11.4 Å². The lowest BCUT2D eigenvalue weighted by Gasteiger charge is -2.32. The molecule has 5 rings (SSSR count). The van der Waals surface area contributed by atoms with Crippen molar-refractivity contribution in [1.29, 1.82) is 0 Å². The van der Waals surface area contributed by atoms with Gasteiger partial charge in [0.15, 0.2) is 0 Å². The lowest BCUT2D eigenvalue weighted by atomic mass is 10.0. The Morgan fingerprint density at radius 1 is 1.34 bits per heavy atom. The van der Waals surface area contributed by atoms with E-state index in [-0.39, 0.29) is 17.0 Å². The molecule has 1 aliphatic heterocycles. The van der Waals surface area contributed by atoms with Crippen molar-refractivity contribution in [3.63, 3.8) is 0 Å². The summed E-state index contributed by atoms with van der Waals surface area (Å²) in [5.74, 6) is 0.867. The van der Waals surface area contributed by atoms with Crippen molar-refractivity contribution >= 4 is 17.0 Å². The molecule has 0 saturated carbocycles. The molecule has 4 aromatic rings. The van der Waals surface area contributed by atoms with E-state index in [1.807, 2.05) is 6.07 Å². The number of benzene rings is 1. The summed E-state index contributed by atoms with van der Waals surface area (Å²) in [4.78, 5) is 15.8. The molecule has 0 aliphatic carbocycles. The Labute approximate surface area is 169 Å². The molecule has 1 aromatic carbocycles. The molecule has 4 heterocycles. The first-order valence-electron chi connectivity index (χ1n) is 9.05. The van der Waals surface area contributed by atoms with Crippen molar-refractivity contribution in [2.45, 2.75) is 25.6 Å². The maximum Gasteiger partial charge on any atom is 0.244 e. The van der Waals surface area contributed by atoms with Crippen molar-refractivity contribution in [2.24, 2.45) is 0 Å². The standard InChI is InChI=1S/C19H17N6O3S/c26-25(27)13-4-1-3-12(7-13)18-22-19(28-23-18)17-8-15-16(21-11-20-15)10-24(17)9-14-5-2-6-29-14/h1-7,11,17,26H,8-10H2,(H,20,21)/q-1/t17-/m0/s1. The highest BCUT2D eigenvalue weighted by molar-refractivity contribution is 7.09. The van der Waals surface area contributed by atoms with Gasteiger partial charge in [-0.25, -0.2) is 4.98 Å². The van der Waals surface area contributed by atoms with Gasteiger partial charge in [-0.15, -0.1) is 11.3 Å². The minimum atomic E-state index is -0.187. The molecule has 0 radical (unpaired) electrons. The van der Waals surface area contributed by atoms with E-state index >= 15 is 0 Å². The van der Waals surface area contributed by atoms with Gasteiger partial charge in [-0.1, -0.05) is 23.4 Å². The third-order valence-corrected chi connectivity index (χ3v) is 5.85. The lowest BCUT2D eigenvalue weighted by Crippen LogP contribution is -2.34. The van der Waals surface area contributed by atoms with E-state index in [1.165, 1.54) is 17.0 Å². The number of H-pyrrole nitrogens is 1. The molecule has 0 amide bonds. The minimum Gasteiger partial charge on any atom is -0.733 e. The molecular formula is C19H17N6O3S-. The number of anilines is 1. The fraction of sp³-hybridized carbons (Fsp3) is 0.211. The van der Waals surface area contributed by atoms with Gasteiger partial charge in [0, 0.05) is 30.0 Å². The predicted molar refractivity (Wildman–Crippen MR) is 106 cm³/mol. The molecule has 0 spiro atoms. The van der Waals surface area contributed by atoms with Crippen molar-refractivity contribution in [3.8, 4) is 11.4 Å². The van der Waals surface area contributed by atoms with Crippen molar-refractivity contribution < 1.29 is 9.73 Å². The molecule has 0 unspecified atom stereocenters. The molecule has 1 atom stereocenters. The highest BCUT2D eigenvalue weighted by Crippen LogP contribution is 2.34. The van der Waals surface area contributed by atoms with Crippen LogP contribution in [-0.4, -0.2) is 30.2 Å². The average molecular weight is 409 g/mol. The van der Waals surface area contributed by atoms with Crippen LogP contribution < -0.4 is 5.23 Å². The first kappa shape index (κ1) is 18.0. The number of rotatable bonds is 5. The molecule has 0 saturated heterocycles. The lowest BCUT2D eigenvalue weighted by molar-refractivity contribution is 0.129. The Kier molecular flexibility index (Phi) is 4.60. The zero-order valence-electron chi connectivity index (χ0n) is 15.2. The molecule has 0 bridgehead atoms. The number of aromatic nitrogens is 4. The van der Waals surface area contributed by atoms with E-state index in [0.717, 1.165) is 17.9 Å². The van der Waals surface area contributed by atoms with Gasteiger partial charge < -0.3 is 19.9 Å². The molecule has 9 nitrogen and oxygen atoms in total. The number of thiophene rings is 1. The van der Waals surface area contributed by atoms with Crippen LogP contribution in [0, 0.1) is 5.21 Å². The summed E-state index contributed by atoms with van der Waals surface area (Å²) in [6.07, 6.45) is 2.38. The van der Waals surface area contributed by atoms with Crippen molar-refractivity contribution in [1.82, 2.24) is 25.0 Å².